The standard InChI is InChI=1S/C14H19N3O/c1-16-8-4-11(5-9-16)17(2)14-12-6-10-18-13(12)3-7-15-14/h3,6-7,10-11H,4-5,8-9H2,1-2H3. The van der Waals surface area contributed by atoms with Crippen LogP contribution >= 0.6 is 0 Å². The summed E-state index contributed by atoms with van der Waals surface area (Å²) in [5.41, 5.74) is 0.916. The summed E-state index contributed by atoms with van der Waals surface area (Å²) in [4.78, 5) is 9.22. The van der Waals surface area contributed by atoms with Gasteiger partial charge in [0, 0.05) is 19.3 Å². The van der Waals surface area contributed by atoms with Gasteiger partial charge >= 0.3 is 0 Å². The van der Waals surface area contributed by atoms with Crippen molar-refractivity contribution >= 4 is 16.8 Å². The monoisotopic (exact) mass is 245 g/mol. The number of hydrogen-bond acceptors (Lipinski definition) is 4. The Morgan fingerprint density at radius 1 is 1.33 bits per heavy atom. The molecule has 1 aliphatic heterocycles. The van der Waals surface area contributed by atoms with Crippen molar-refractivity contribution in [3.05, 3.63) is 24.6 Å². The van der Waals surface area contributed by atoms with E-state index in [-0.39, 0.29) is 0 Å². The van der Waals surface area contributed by atoms with Crippen molar-refractivity contribution in [3.8, 4) is 0 Å². The van der Waals surface area contributed by atoms with Gasteiger partial charge in [0.05, 0.1) is 11.6 Å². The second-order valence-corrected chi connectivity index (χ2v) is 5.11. The molecule has 0 atom stereocenters. The maximum absolute atomic E-state index is 5.44. The average molecular weight is 245 g/mol. The zero-order chi connectivity index (χ0) is 12.5. The average Bonchev–Trinajstić information content (AvgIpc) is 2.87. The summed E-state index contributed by atoms with van der Waals surface area (Å²) < 4.78 is 5.44. The van der Waals surface area contributed by atoms with Crippen LogP contribution in [0.2, 0.25) is 0 Å². The van der Waals surface area contributed by atoms with Gasteiger partial charge in [0.1, 0.15) is 11.4 Å². The second kappa shape index (κ2) is 4.61. The van der Waals surface area contributed by atoms with Crippen LogP contribution in [0.25, 0.3) is 11.0 Å². The van der Waals surface area contributed by atoms with Gasteiger partial charge in [-0.15, -0.1) is 0 Å². The van der Waals surface area contributed by atoms with Crippen LogP contribution in [-0.2, 0) is 0 Å². The van der Waals surface area contributed by atoms with E-state index in [0.717, 1.165) is 29.9 Å². The maximum Gasteiger partial charge on any atom is 0.139 e. The van der Waals surface area contributed by atoms with Crippen molar-refractivity contribution in [1.29, 1.82) is 0 Å². The fourth-order valence-electron chi connectivity index (χ4n) is 2.72. The summed E-state index contributed by atoms with van der Waals surface area (Å²) >= 11 is 0. The zero-order valence-electron chi connectivity index (χ0n) is 11.0. The highest BCUT2D eigenvalue weighted by Crippen LogP contribution is 2.27. The molecule has 0 saturated carbocycles. The molecule has 3 rings (SSSR count). The largest absolute Gasteiger partial charge is 0.464 e. The highest BCUT2D eigenvalue weighted by Gasteiger charge is 2.22. The number of anilines is 1. The predicted octanol–water partition coefficient (Wildman–Crippen LogP) is 2.36. The lowest BCUT2D eigenvalue weighted by Crippen LogP contribution is -2.42. The molecule has 0 amide bonds. The lowest BCUT2D eigenvalue weighted by Gasteiger charge is -2.35. The molecule has 0 aromatic carbocycles. The molecule has 1 fully saturated rings. The van der Waals surface area contributed by atoms with Gasteiger partial charge in [-0.25, -0.2) is 4.98 Å². The van der Waals surface area contributed by atoms with E-state index < -0.39 is 0 Å². The first-order valence-corrected chi connectivity index (χ1v) is 6.49. The first-order valence-electron chi connectivity index (χ1n) is 6.49. The van der Waals surface area contributed by atoms with E-state index in [1.54, 1.807) is 6.26 Å². The quantitative estimate of drug-likeness (QED) is 0.813. The van der Waals surface area contributed by atoms with Gasteiger partial charge in [0.15, 0.2) is 0 Å². The third-order valence-electron chi connectivity index (χ3n) is 3.93. The second-order valence-electron chi connectivity index (χ2n) is 5.11. The van der Waals surface area contributed by atoms with E-state index in [1.807, 2.05) is 18.3 Å². The molecule has 18 heavy (non-hydrogen) atoms. The molecule has 1 saturated heterocycles. The van der Waals surface area contributed by atoms with Crippen molar-refractivity contribution in [1.82, 2.24) is 9.88 Å². The van der Waals surface area contributed by atoms with Crippen molar-refractivity contribution in [2.75, 3.05) is 32.1 Å². The maximum atomic E-state index is 5.44. The Labute approximate surface area is 107 Å². The van der Waals surface area contributed by atoms with E-state index >= 15 is 0 Å². The Balaban J connectivity index is 1.87. The molecule has 4 nitrogen and oxygen atoms in total. The molecule has 0 aliphatic carbocycles. The SMILES string of the molecule is CN1CCC(N(C)c2nccc3occc23)CC1. The van der Waals surface area contributed by atoms with Gasteiger partial charge < -0.3 is 14.2 Å². The third-order valence-corrected chi connectivity index (χ3v) is 3.93. The molecule has 1 aliphatic rings. The number of rotatable bonds is 2. The van der Waals surface area contributed by atoms with Gasteiger partial charge in [-0.2, -0.15) is 0 Å². The number of nitrogens with zero attached hydrogens (tertiary/aromatic N) is 3. The molecule has 4 heteroatoms. The normalized spacial score (nSPS) is 18.3. The smallest absolute Gasteiger partial charge is 0.139 e. The minimum Gasteiger partial charge on any atom is -0.464 e. The number of piperidine rings is 1. The molecule has 2 aromatic rings. The molecule has 0 N–H and O–H groups in total. The number of fused-ring (bicyclic) bond motifs is 1. The first kappa shape index (κ1) is 11.5. The van der Waals surface area contributed by atoms with Gasteiger partial charge in [-0.1, -0.05) is 0 Å². The Kier molecular flexibility index (Phi) is 2.96. The van der Waals surface area contributed by atoms with Gasteiger partial charge in [0.25, 0.3) is 0 Å². The molecule has 0 radical (unpaired) electrons. The fraction of sp³-hybridized carbons (Fsp3) is 0.500. The van der Waals surface area contributed by atoms with E-state index in [4.69, 9.17) is 4.42 Å². The summed E-state index contributed by atoms with van der Waals surface area (Å²) in [6, 6.07) is 4.50. The summed E-state index contributed by atoms with van der Waals surface area (Å²) in [6.07, 6.45) is 5.96. The van der Waals surface area contributed by atoms with E-state index in [2.05, 4.69) is 28.9 Å². The van der Waals surface area contributed by atoms with Crippen LogP contribution < -0.4 is 4.90 Å². The van der Waals surface area contributed by atoms with E-state index in [0.29, 0.717) is 6.04 Å². The fourth-order valence-corrected chi connectivity index (χ4v) is 2.72. The Bertz CT molecular complexity index is 529. The van der Waals surface area contributed by atoms with E-state index in [9.17, 15) is 0 Å². The summed E-state index contributed by atoms with van der Waals surface area (Å²) in [5, 5.41) is 1.11. The molecular weight excluding hydrogens is 226 g/mol. The highest BCUT2D eigenvalue weighted by atomic mass is 16.3. The summed E-state index contributed by atoms with van der Waals surface area (Å²) in [6.45, 7) is 2.33. The Morgan fingerprint density at radius 2 is 2.11 bits per heavy atom. The number of likely N-dealkylation sites (tertiary alicyclic amines) is 1. The lowest BCUT2D eigenvalue weighted by molar-refractivity contribution is 0.252. The molecule has 0 unspecified atom stereocenters. The van der Waals surface area contributed by atoms with E-state index in [1.165, 1.54) is 12.8 Å². The lowest BCUT2D eigenvalue weighted by atomic mass is 10.0. The molecule has 0 bridgehead atoms. The molecule has 3 heterocycles. The number of furan rings is 1. The Hall–Kier alpha value is -1.55. The topological polar surface area (TPSA) is 32.5 Å². The number of hydrogen-bond donors (Lipinski definition) is 0. The van der Waals surface area contributed by atoms with Crippen molar-refractivity contribution < 1.29 is 4.42 Å². The number of aromatic nitrogens is 1. The molecule has 0 spiro atoms. The molecule has 96 valence electrons. The zero-order valence-corrected chi connectivity index (χ0v) is 11.0. The van der Waals surface area contributed by atoms with Gasteiger partial charge in [0.2, 0.25) is 0 Å². The highest BCUT2D eigenvalue weighted by molar-refractivity contribution is 5.88. The summed E-state index contributed by atoms with van der Waals surface area (Å²) in [5.74, 6) is 1.04. The van der Waals surface area contributed by atoms with Crippen LogP contribution in [0.5, 0.6) is 0 Å². The number of pyridine rings is 1. The Morgan fingerprint density at radius 3 is 2.89 bits per heavy atom. The van der Waals surface area contributed by atoms with Gasteiger partial charge in [-0.05, 0) is 45.1 Å². The van der Waals surface area contributed by atoms with Crippen LogP contribution in [0.15, 0.2) is 29.0 Å². The van der Waals surface area contributed by atoms with Crippen LogP contribution in [0, 0.1) is 0 Å². The molecular formula is C14H19N3O. The molecule has 2 aromatic heterocycles. The van der Waals surface area contributed by atoms with Crippen LogP contribution in [-0.4, -0.2) is 43.1 Å². The van der Waals surface area contributed by atoms with Crippen molar-refractivity contribution in [2.24, 2.45) is 0 Å². The van der Waals surface area contributed by atoms with Crippen molar-refractivity contribution in [3.63, 3.8) is 0 Å². The van der Waals surface area contributed by atoms with Crippen LogP contribution in [0.3, 0.4) is 0 Å². The minimum atomic E-state index is 0.578. The summed E-state index contributed by atoms with van der Waals surface area (Å²) in [7, 11) is 4.33. The third kappa shape index (κ3) is 1.97. The minimum absolute atomic E-state index is 0.578. The van der Waals surface area contributed by atoms with Gasteiger partial charge in [-0.3, -0.25) is 0 Å². The van der Waals surface area contributed by atoms with Crippen LogP contribution in [0.1, 0.15) is 12.8 Å². The van der Waals surface area contributed by atoms with Crippen LogP contribution in [0.4, 0.5) is 5.82 Å². The predicted molar refractivity (Wildman–Crippen MR) is 72.9 cm³/mol. The first-order chi connectivity index (χ1) is 8.75. The van der Waals surface area contributed by atoms with Crippen molar-refractivity contribution in [2.45, 2.75) is 18.9 Å².